The molecule has 6 amide bonds. The summed E-state index contributed by atoms with van der Waals surface area (Å²) in [5, 5.41) is 14.0. The highest BCUT2D eigenvalue weighted by molar-refractivity contribution is 5.90. The molecule has 278 valence electrons. The second kappa shape index (κ2) is 21.4. The van der Waals surface area contributed by atoms with Crippen LogP contribution in [0.25, 0.3) is 0 Å². The van der Waals surface area contributed by atoms with E-state index < -0.39 is 29.8 Å². The average molecular weight is 708 g/mol. The molecule has 7 N–H and O–H groups in total. The van der Waals surface area contributed by atoms with Gasteiger partial charge in [-0.25, -0.2) is 0 Å². The molecule has 3 rings (SSSR count). The molecule has 14 nitrogen and oxygen atoms in total. The zero-order valence-corrected chi connectivity index (χ0v) is 29.9. The van der Waals surface area contributed by atoms with E-state index >= 15 is 0 Å². The molecule has 1 fully saturated rings. The molecule has 0 aliphatic carbocycles. The maximum Gasteiger partial charge on any atom is 0.243 e. The van der Waals surface area contributed by atoms with Crippen molar-refractivity contribution in [2.45, 2.75) is 71.5 Å². The zero-order valence-electron chi connectivity index (χ0n) is 29.9. The number of amides is 6. The lowest BCUT2D eigenvalue weighted by molar-refractivity contribution is -0.136. The van der Waals surface area contributed by atoms with Gasteiger partial charge in [0.2, 0.25) is 35.4 Å². The number of aryl methyl sites for hydroxylation is 1. The van der Waals surface area contributed by atoms with Crippen LogP contribution >= 0.6 is 0 Å². The lowest BCUT2D eigenvalue weighted by atomic mass is 9.95. The van der Waals surface area contributed by atoms with Crippen LogP contribution in [0.3, 0.4) is 0 Å². The molecule has 2 aromatic rings. The van der Waals surface area contributed by atoms with Crippen molar-refractivity contribution in [3.8, 4) is 0 Å². The van der Waals surface area contributed by atoms with Crippen LogP contribution in [0.5, 0.6) is 0 Å². The van der Waals surface area contributed by atoms with Crippen molar-refractivity contribution in [3.05, 3.63) is 70.8 Å². The third-order valence-electron chi connectivity index (χ3n) is 8.58. The van der Waals surface area contributed by atoms with Crippen LogP contribution in [0, 0.1) is 12.8 Å². The van der Waals surface area contributed by atoms with Gasteiger partial charge >= 0.3 is 0 Å². The fourth-order valence-corrected chi connectivity index (χ4v) is 5.89. The molecule has 1 heterocycles. The minimum Gasteiger partial charge on any atom is -0.378 e. The zero-order chi connectivity index (χ0) is 37.2. The molecule has 0 bridgehead atoms. The van der Waals surface area contributed by atoms with Gasteiger partial charge in [0.15, 0.2) is 0 Å². The van der Waals surface area contributed by atoms with Gasteiger partial charge in [-0.15, -0.1) is 0 Å². The largest absolute Gasteiger partial charge is 0.378 e. The standard InChI is InChI=1S/C37H53N7O7/c1-25-8-6-9-28(20-25)21-33(43-35(48)31-12-7-17-44(24-31)27(3)46)37(50)41-23-30-11-5-4-10-29(30)22-34(47)42-32(13-15-39-26(2)45)36(49)40-16-19-51-18-14-38/h4-6,8-11,20,31-33H,7,12-19,21-24,38H2,1-3H3,(H,39,45)(H,40,49)(H,41,50)(H,42,47)(H,43,48)/t31-,32+,33+/m1/s1. The van der Waals surface area contributed by atoms with Crippen LogP contribution < -0.4 is 32.3 Å². The van der Waals surface area contributed by atoms with Crippen molar-refractivity contribution in [1.82, 2.24) is 31.5 Å². The molecular weight excluding hydrogens is 654 g/mol. The molecular formula is C37H53N7O7. The number of carbonyl (C=O) groups is 6. The predicted molar refractivity (Wildman–Crippen MR) is 192 cm³/mol. The number of piperidine rings is 1. The summed E-state index contributed by atoms with van der Waals surface area (Å²) < 4.78 is 5.30. The van der Waals surface area contributed by atoms with E-state index in [4.69, 9.17) is 10.5 Å². The van der Waals surface area contributed by atoms with Gasteiger partial charge in [-0.2, -0.15) is 0 Å². The van der Waals surface area contributed by atoms with E-state index in [1.807, 2.05) is 31.2 Å². The highest BCUT2D eigenvalue weighted by Crippen LogP contribution is 2.18. The molecule has 1 saturated heterocycles. The lowest BCUT2D eigenvalue weighted by Crippen LogP contribution is -2.52. The smallest absolute Gasteiger partial charge is 0.243 e. The number of hydrogen-bond donors (Lipinski definition) is 6. The van der Waals surface area contributed by atoms with Crippen LogP contribution in [-0.4, -0.2) is 98.4 Å². The number of nitrogens with one attached hydrogen (secondary N) is 5. The normalized spacial score (nSPS) is 15.2. The number of nitrogens with two attached hydrogens (primary N) is 1. The predicted octanol–water partition coefficient (Wildman–Crippen LogP) is 0.242. The Labute approximate surface area is 300 Å². The van der Waals surface area contributed by atoms with E-state index in [1.54, 1.807) is 29.2 Å². The first-order chi connectivity index (χ1) is 24.5. The van der Waals surface area contributed by atoms with Crippen molar-refractivity contribution in [2.75, 3.05) is 45.9 Å². The van der Waals surface area contributed by atoms with Crippen LogP contribution in [0.15, 0.2) is 48.5 Å². The third-order valence-corrected chi connectivity index (χ3v) is 8.58. The van der Waals surface area contributed by atoms with Crippen molar-refractivity contribution >= 4 is 35.4 Å². The van der Waals surface area contributed by atoms with Gasteiger partial charge in [-0.1, -0.05) is 54.1 Å². The topological polar surface area (TPSA) is 201 Å². The summed E-state index contributed by atoms with van der Waals surface area (Å²) in [5.74, 6) is -2.21. The van der Waals surface area contributed by atoms with Gasteiger partial charge in [0.1, 0.15) is 12.1 Å². The van der Waals surface area contributed by atoms with Crippen LogP contribution in [0.4, 0.5) is 0 Å². The summed E-state index contributed by atoms with van der Waals surface area (Å²) in [6, 6.07) is 13.1. The maximum absolute atomic E-state index is 13.7. The highest BCUT2D eigenvalue weighted by atomic mass is 16.5. The third kappa shape index (κ3) is 14.5. The number of hydrogen-bond acceptors (Lipinski definition) is 8. The molecule has 0 unspecified atom stereocenters. The quantitative estimate of drug-likeness (QED) is 0.112. The number of likely N-dealkylation sites (tertiary alicyclic amines) is 1. The minimum atomic E-state index is -0.900. The Balaban J connectivity index is 1.67. The molecule has 1 aliphatic rings. The molecule has 51 heavy (non-hydrogen) atoms. The molecule has 0 aromatic heterocycles. The monoisotopic (exact) mass is 707 g/mol. The number of nitrogens with zero attached hydrogens (tertiary/aromatic N) is 1. The second-order valence-electron chi connectivity index (χ2n) is 12.8. The van der Waals surface area contributed by atoms with Crippen molar-refractivity contribution in [3.63, 3.8) is 0 Å². The fourth-order valence-electron chi connectivity index (χ4n) is 5.89. The van der Waals surface area contributed by atoms with Gasteiger partial charge in [0.05, 0.1) is 25.6 Å². The van der Waals surface area contributed by atoms with E-state index in [9.17, 15) is 28.8 Å². The first-order valence-corrected chi connectivity index (χ1v) is 17.5. The van der Waals surface area contributed by atoms with Crippen molar-refractivity contribution in [1.29, 1.82) is 0 Å². The molecule has 14 heteroatoms. The number of benzene rings is 2. The van der Waals surface area contributed by atoms with Crippen LogP contribution in [0.1, 0.15) is 55.4 Å². The maximum atomic E-state index is 13.7. The molecule has 0 radical (unpaired) electrons. The molecule has 2 aromatic carbocycles. The molecule has 3 atom stereocenters. The van der Waals surface area contributed by atoms with Crippen LogP contribution in [-0.2, 0) is 52.9 Å². The van der Waals surface area contributed by atoms with Gasteiger partial charge in [-0.05, 0) is 42.9 Å². The van der Waals surface area contributed by atoms with Gasteiger partial charge < -0.3 is 42.0 Å². The summed E-state index contributed by atoms with van der Waals surface area (Å²) in [4.78, 5) is 78.2. The van der Waals surface area contributed by atoms with Gasteiger partial charge in [0.25, 0.3) is 0 Å². The highest BCUT2D eigenvalue weighted by Gasteiger charge is 2.30. The van der Waals surface area contributed by atoms with E-state index in [0.717, 1.165) is 11.1 Å². The fraction of sp³-hybridized carbons (Fsp3) is 0.514. The average Bonchev–Trinajstić information content (AvgIpc) is 3.10. The Morgan fingerprint density at radius 3 is 2.33 bits per heavy atom. The SMILES string of the molecule is CC(=O)NCC[C@H](NC(=O)Cc1ccccc1CNC(=O)[C@H](Cc1cccc(C)c1)NC(=O)[C@@H]1CCCN(C(C)=O)C1)C(=O)NCCOCCN. The van der Waals surface area contributed by atoms with Crippen molar-refractivity contribution in [2.24, 2.45) is 11.7 Å². The number of carbonyl (C=O) groups excluding carboxylic acids is 6. The van der Waals surface area contributed by atoms with Crippen molar-refractivity contribution < 1.29 is 33.5 Å². The second-order valence-corrected chi connectivity index (χ2v) is 12.8. The lowest BCUT2D eigenvalue weighted by Gasteiger charge is -2.32. The Hall–Kier alpha value is -4.82. The minimum absolute atomic E-state index is 0.0621. The summed E-state index contributed by atoms with van der Waals surface area (Å²) in [6.07, 6.45) is 1.73. The number of ether oxygens (including phenoxy) is 1. The number of rotatable bonds is 19. The Kier molecular flexibility index (Phi) is 17.0. The Morgan fingerprint density at radius 1 is 0.882 bits per heavy atom. The van der Waals surface area contributed by atoms with Gasteiger partial charge in [-0.3, -0.25) is 28.8 Å². The summed E-state index contributed by atoms with van der Waals surface area (Å²) in [5.41, 5.74) is 8.69. The van der Waals surface area contributed by atoms with Gasteiger partial charge in [0, 0.05) is 59.5 Å². The van der Waals surface area contributed by atoms with E-state index in [1.165, 1.54) is 13.8 Å². The molecule has 0 spiro atoms. The molecule has 0 saturated carbocycles. The Bertz CT molecular complexity index is 1500. The summed E-state index contributed by atoms with van der Waals surface area (Å²) in [7, 11) is 0. The van der Waals surface area contributed by atoms with E-state index in [0.29, 0.717) is 50.2 Å². The van der Waals surface area contributed by atoms with E-state index in [2.05, 4.69) is 26.6 Å². The van der Waals surface area contributed by atoms with E-state index in [-0.39, 0.29) is 69.1 Å². The first-order valence-electron chi connectivity index (χ1n) is 17.5. The first kappa shape index (κ1) is 40.6. The summed E-state index contributed by atoms with van der Waals surface area (Å²) in [6.45, 7) is 7.26. The molecule has 1 aliphatic heterocycles. The Morgan fingerprint density at radius 2 is 1.63 bits per heavy atom. The summed E-state index contributed by atoms with van der Waals surface area (Å²) >= 11 is 0. The van der Waals surface area contributed by atoms with Crippen LogP contribution in [0.2, 0.25) is 0 Å².